The van der Waals surface area contributed by atoms with Gasteiger partial charge in [0.2, 0.25) is 0 Å². The molecule has 0 nitrogen and oxygen atoms in total. The summed E-state index contributed by atoms with van der Waals surface area (Å²) in [5.74, 6) is 0. The fraction of sp³-hybridized carbons (Fsp3) is 0.0909. The van der Waals surface area contributed by atoms with Gasteiger partial charge in [-0.25, -0.2) is 0 Å². The molecule has 0 atom stereocenters. The number of hydrogen-bond acceptors (Lipinski definition) is 0. The van der Waals surface area contributed by atoms with Gasteiger partial charge in [-0.3, -0.25) is 0 Å². The van der Waals surface area contributed by atoms with Crippen molar-refractivity contribution in [3.05, 3.63) is 48.0 Å². The van der Waals surface area contributed by atoms with E-state index in [0.29, 0.717) is 0 Å². The molecule has 0 aromatic heterocycles. The fourth-order valence-corrected chi connectivity index (χ4v) is 1.24. The summed E-state index contributed by atoms with van der Waals surface area (Å²) in [5.41, 5.74) is 1.20. The third kappa shape index (κ3) is 1.74. The average molecular weight is 333 g/mol. The zero-order valence-corrected chi connectivity index (χ0v) is 9.19. The predicted molar refractivity (Wildman–Crippen MR) is 47.5 cm³/mol. The number of benzene rings is 2. The Kier molecular flexibility index (Phi) is 3.02. The van der Waals surface area contributed by atoms with E-state index < -0.39 is 0 Å². The van der Waals surface area contributed by atoms with E-state index >= 15 is 0 Å². The monoisotopic (exact) mass is 334 g/mol. The van der Waals surface area contributed by atoms with Crippen LogP contribution in [0.25, 0.3) is 10.8 Å². The molecule has 0 spiro atoms. The molecule has 0 aliphatic rings. The van der Waals surface area contributed by atoms with Gasteiger partial charge in [0.1, 0.15) is 0 Å². The Bertz CT molecular complexity index is 379. The van der Waals surface area contributed by atoms with Crippen LogP contribution in [0.15, 0.2) is 36.4 Å². The van der Waals surface area contributed by atoms with Gasteiger partial charge in [0.25, 0.3) is 0 Å². The second-order valence-corrected chi connectivity index (χ2v) is 2.74. The zero-order valence-electron chi connectivity index (χ0n) is 6.80. The number of aryl methyl sites for hydroxylation is 1. The van der Waals surface area contributed by atoms with Crippen molar-refractivity contribution in [1.29, 1.82) is 0 Å². The third-order valence-electron chi connectivity index (χ3n) is 1.82. The first-order valence-electron chi connectivity index (χ1n) is 3.73. The van der Waals surface area contributed by atoms with E-state index in [1.165, 1.54) is 16.3 Å². The summed E-state index contributed by atoms with van der Waals surface area (Å²) in [5, 5.41) is 2.56. The molecule has 2 aromatic carbocycles. The molecule has 2 rings (SSSR count). The molecule has 0 aliphatic carbocycles. The van der Waals surface area contributed by atoms with Crippen molar-refractivity contribution in [2.24, 2.45) is 0 Å². The van der Waals surface area contributed by atoms with Crippen LogP contribution in [-0.4, -0.2) is 0 Å². The van der Waals surface area contributed by atoms with E-state index in [0.717, 1.165) is 0 Å². The van der Waals surface area contributed by atoms with Crippen LogP contribution in [-0.2, 0) is 20.1 Å². The summed E-state index contributed by atoms with van der Waals surface area (Å²) in [6.07, 6.45) is 0. The van der Waals surface area contributed by atoms with Crippen molar-refractivity contribution in [1.82, 2.24) is 0 Å². The first kappa shape index (κ1) is 9.44. The largest absolute Gasteiger partial charge is 0.180 e. The third-order valence-corrected chi connectivity index (χ3v) is 1.82. The zero-order chi connectivity index (χ0) is 7.68. The van der Waals surface area contributed by atoms with Crippen molar-refractivity contribution in [2.75, 3.05) is 0 Å². The van der Waals surface area contributed by atoms with Gasteiger partial charge >= 0.3 is 0 Å². The van der Waals surface area contributed by atoms with Gasteiger partial charge in [0.15, 0.2) is 0 Å². The average Bonchev–Trinajstić information content (AvgIpc) is 2.04. The van der Waals surface area contributed by atoms with E-state index in [9.17, 15) is 0 Å². The number of rotatable bonds is 0. The molecular formula is C11H9Ir-. The molecule has 0 saturated heterocycles. The molecule has 0 bridgehead atoms. The molecule has 1 heteroatoms. The maximum atomic E-state index is 3.17. The Morgan fingerprint density at radius 3 is 2.50 bits per heavy atom. The van der Waals surface area contributed by atoms with Crippen molar-refractivity contribution in [3.63, 3.8) is 0 Å². The molecule has 0 unspecified atom stereocenters. The minimum atomic E-state index is 0. The van der Waals surface area contributed by atoms with Crippen molar-refractivity contribution in [3.8, 4) is 0 Å². The molecule has 2 aromatic rings. The van der Waals surface area contributed by atoms with Gasteiger partial charge in [-0.1, -0.05) is 25.1 Å². The summed E-state index contributed by atoms with van der Waals surface area (Å²) in [7, 11) is 0. The van der Waals surface area contributed by atoms with Crippen LogP contribution in [0.3, 0.4) is 0 Å². The molecule has 63 valence electrons. The van der Waals surface area contributed by atoms with Gasteiger partial charge in [-0.05, 0) is 0 Å². The molecular weight excluding hydrogens is 324 g/mol. The summed E-state index contributed by atoms with van der Waals surface area (Å²) in [6.45, 7) is 2.06. The summed E-state index contributed by atoms with van der Waals surface area (Å²) in [6, 6.07) is 15.7. The number of fused-ring (bicyclic) bond motifs is 1. The standard InChI is InChI=1S/C11H9.Ir/c1-9-6-7-10-4-2-3-5-11(10)8-9;/h2-5,7-8H,1H3;/q-1;. The van der Waals surface area contributed by atoms with Crippen LogP contribution in [0, 0.1) is 13.0 Å². The topological polar surface area (TPSA) is 0 Å². The Labute approximate surface area is 86.0 Å². The van der Waals surface area contributed by atoms with Gasteiger partial charge < -0.3 is 0 Å². The normalized spacial score (nSPS) is 9.42. The van der Waals surface area contributed by atoms with Gasteiger partial charge in [-0.15, -0.1) is 16.8 Å². The molecule has 0 saturated carbocycles. The van der Waals surface area contributed by atoms with Gasteiger partial charge in [0, 0.05) is 20.1 Å². The SMILES string of the molecule is Cc1[c-]cc2ccccc2c1.[Ir]. The molecule has 12 heavy (non-hydrogen) atoms. The fourth-order valence-electron chi connectivity index (χ4n) is 1.24. The molecule has 0 N–H and O–H groups in total. The van der Waals surface area contributed by atoms with E-state index in [1.54, 1.807) is 0 Å². The van der Waals surface area contributed by atoms with Crippen LogP contribution in [0.1, 0.15) is 5.56 Å². The van der Waals surface area contributed by atoms with Gasteiger partial charge in [-0.2, -0.15) is 23.8 Å². The molecule has 0 heterocycles. The van der Waals surface area contributed by atoms with Crippen molar-refractivity contribution in [2.45, 2.75) is 6.92 Å². The van der Waals surface area contributed by atoms with Crippen LogP contribution >= 0.6 is 0 Å². The first-order valence-corrected chi connectivity index (χ1v) is 3.73. The van der Waals surface area contributed by atoms with Crippen LogP contribution in [0.2, 0.25) is 0 Å². The minimum absolute atomic E-state index is 0. The minimum Gasteiger partial charge on any atom is -0.180 e. The Morgan fingerprint density at radius 2 is 1.75 bits per heavy atom. The Hall–Kier alpha value is -0.651. The second-order valence-electron chi connectivity index (χ2n) is 2.74. The van der Waals surface area contributed by atoms with Crippen molar-refractivity contribution >= 4 is 10.8 Å². The summed E-state index contributed by atoms with van der Waals surface area (Å²) >= 11 is 0. The molecule has 1 radical (unpaired) electrons. The first-order chi connectivity index (χ1) is 5.36. The number of hydrogen-bond donors (Lipinski definition) is 0. The van der Waals surface area contributed by atoms with E-state index in [1.807, 2.05) is 12.1 Å². The molecule has 0 fully saturated rings. The molecule has 0 aliphatic heterocycles. The second kappa shape index (κ2) is 3.84. The van der Waals surface area contributed by atoms with Crippen LogP contribution < -0.4 is 0 Å². The predicted octanol–water partition coefficient (Wildman–Crippen LogP) is 2.95. The van der Waals surface area contributed by atoms with Crippen molar-refractivity contribution < 1.29 is 20.1 Å². The Balaban J connectivity index is 0.000000720. The van der Waals surface area contributed by atoms with Crippen LogP contribution in [0.4, 0.5) is 0 Å². The Morgan fingerprint density at radius 1 is 1.08 bits per heavy atom. The van der Waals surface area contributed by atoms with E-state index in [2.05, 4.69) is 37.3 Å². The maximum absolute atomic E-state index is 3.17. The van der Waals surface area contributed by atoms with Gasteiger partial charge in [0.05, 0.1) is 0 Å². The smallest absolute Gasteiger partial charge is 0 e. The summed E-state index contributed by atoms with van der Waals surface area (Å²) in [4.78, 5) is 0. The quantitative estimate of drug-likeness (QED) is 0.650. The van der Waals surface area contributed by atoms with E-state index in [4.69, 9.17) is 0 Å². The van der Waals surface area contributed by atoms with E-state index in [-0.39, 0.29) is 20.1 Å². The summed E-state index contributed by atoms with van der Waals surface area (Å²) < 4.78 is 0. The molecule has 0 amide bonds. The van der Waals surface area contributed by atoms with Crippen LogP contribution in [0.5, 0.6) is 0 Å². The maximum Gasteiger partial charge on any atom is 0 e.